The van der Waals surface area contributed by atoms with Crippen LogP contribution in [0.2, 0.25) is 0 Å². The third-order valence-electron chi connectivity index (χ3n) is 7.03. The Labute approximate surface area is 211 Å². The zero-order valence-electron chi connectivity index (χ0n) is 21.1. The summed E-state index contributed by atoms with van der Waals surface area (Å²) in [4.78, 5) is 0. The van der Waals surface area contributed by atoms with Crippen LogP contribution in [-0.2, 0) is 34.0 Å². The number of ether oxygens (including phenoxy) is 3. The van der Waals surface area contributed by atoms with E-state index in [1.165, 1.54) is 36.0 Å². The monoisotopic (exact) mass is 472 g/mol. The van der Waals surface area contributed by atoms with E-state index in [2.05, 4.69) is 91.9 Å². The van der Waals surface area contributed by atoms with E-state index >= 15 is 0 Å². The van der Waals surface area contributed by atoms with Gasteiger partial charge in [-0.1, -0.05) is 117 Å². The highest BCUT2D eigenvalue weighted by molar-refractivity contribution is 5.15. The van der Waals surface area contributed by atoms with Gasteiger partial charge in [-0.05, 0) is 35.4 Å². The predicted octanol–water partition coefficient (Wildman–Crippen LogP) is 7.59. The first-order valence-corrected chi connectivity index (χ1v) is 13.2. The van der Waals surface area contributed by atoms with Crippen molar-refractivity contribution in [1.29, 1.82) is 0 Å². The Hall–Kier alpha value is -2.46. The molecule has 4 unspecified atom stereocenters. The standard InChI is InChI=1S/C32H40O3/c1-2-3-13-29-20-30(25-33-22-26-14-7-4-8-15-26)32(35-24-28-18-11-6-12-19-28)31(21-29)34-23-27-16-9-5-10-17-27/h4-12,14-19,29-32H,2-3,13,20-25H2,1H3. The number of hydrogen-bond donors (Lipinski definition) is 0. The molecule has 1 fully saturated rings. The van der Waals surface area contributed by atoms with E-state index in [1.54, 1.807) is 0 Å². The third-order valence-corrected chi connectivity index (χ3v) is 7.03. The van der Waals surface area contributed by atoms with Crippen molar-refractivity contribution in [1.82, 2.24) is 0 Å². The lowest BCUT2D eigenvalue weighted by atomic mass is 9.75. The van der Waals surface area contributed by atoms with Crippen LogP contribution in [0.1, 0.15) is 55.7 Å². The van der Waals surface area contributed by atoms with Crippen molar-refractivity contribution in [2.75, 3.05) is 6.61 Å². The van der Waals surface area contributed by atoms with Crippen molar-refractivity contribution in [3.8, 4) is 0 Å². The minimum absolute atomic E-state index is 0.0209. The van der Waals surface area contributed by atoms with E-state index in [0.717, 1.165) is 12.8 Å². The maximum absolute atomic E-state index is 6.63. The second-order valence-electron chi connectivity index (χ2n) is 9.84. The van der Waals surface area contributed by atoms with E-state index < -0.39 is 0 Å². The quantitative estimate of drug-likeness (QED) is 0.256. The minimum atomic E-state index is 0.0209. The van der Waals surface area contributed by atoms with Gasteiger partial charge < -0.3 is 14.2 Å². The van der Waals surface area contributed by atoms with Crippen LogP contribution in [0.3, 0.4) is 0 Å². The van der Waals surface area contributed by atoms with Gasteiger partial charge in [0, 0.05) is 5.92 Å². The Kier molecular flexibility index (Phi) is 10.4. The largest absolute Gasteiger partial charge is 0.376 e. The first-order chi connectivity index (χ1) is 17.3. The number of hydrogen-bond acceptors (Lipinski definition) is 3. The van der Waals surface area contributed by atoms with Gasteiger partial charge in [0.2, 0.25) is 0 Å². The molecule has 0 amide bonds. The summed E-state index contributed by atoms with van der Waals surface area (Å²) in [6.07, 6.45) is 6.04. The highest BCUT2D eigenvalue weighted by atomic mass is 16.5. The number of unbranched alkanes of at least 4 members (excludes halogenated alkanes) is 1. The molecule has 0 saturated heterocycles. The summed E-state index contributed by atoms with van der Waals surface area (Å²) >= 11 is 0. The van der Waals surface area contributed by atoms with Crippen molar-refractivity contribution >= 4 is 0 Å². The van der Waals surface area contributed by atoms with E-state index in [-0.39, 0.29) is 12.2 Å². The molecule has 3 nitrogen and oxygen atoms in total. The number of rotatable bonds is 13. The lowest BCUT2D eigenvalue weighted by Crippen LogP contribution is -2.46. The molecule has 0 aliphatic heterocycles. The van der Waals surface area contributed by atoms with Gasteiger partial charge in [-0.2, -0.15) is 0 Å². The molecule has 3 aromatic rings. The molecule has 186 valence electrons. The van der Waals surface area contributed by atoms with Crippen LogP contribution >= 0.6 is 0 Å². The fourth-order valence-corrected chi connectivity index (χ4v) is 5.17. The molecular weight excluding hydrogens is 432 g/mol. The molecule has 35 heavy (non-hydrogen) atoms. The van der Waals surface area contributed by atoms with Crippen molar-refractivity contribution in [3.63, 3.8) is 0 Å². The average molecular weight is 473 g/mol. The van der Waals surface area contributed by atoms with E-state index in [0.29, 0.717) is 38.3 Å². The zero-order chi connectivity index (χ0) is 24.1. The summed E-state index contributed by atoms with van der Waals surface area (Å²) in [5.41, 5.74) is 3.62. The Morgan fingerprint density at radius 3 is 1.77 bits per heavy atom. The van der Waals surface area contributed by atoms with Gasteiger partial charge in [-0.25, -0.2) is 0 Å². The molecule has 0 radical (unpaired) electrons. The molecule has 4 atom stereocenters. The zero-order valence-corrected chi connectivity index (χ0v) is 21.1. The first kappa shape index (κ1) is 25.6. The molecule has 0 spiro atoms. The van der Waals surface area contributed by atoms with Crippen LogP contribution in [0.15, 0.2) is 91.0 Å². The summed E-state index contributed by atoms with van der Waals surface area (Å²) in [7, 11) is 0. The molecule has 4 rings (SSSR count). The van der Waals surface area contributed by atoms with E-state index in [1.807, 2.05) is 6.07 Å². The van der Waals surface area contributed by atoms with E-state index in [4.69, 9.17) is 14.2 Å². The Morgan fingerprint density at radius 2 is 1.20 bits per heavy atom. The molecule has 3 aromatic carbocycles. The van der Waals surface area contributed by atoms with Gasteiger partial charge >= 0.3 is 0 Å². The predicted molar refractivity (Wildman–Crippen MR) is 142 cm³/mol. The van der Waals surface area contributed by atoms with Crippen LogP contribution in [0, 0.1) is 11.8 Å². The fraction of sp³-hybridized carbons (Fsp3) is 0.438. The van der Waals surface area contributed by atoms with Crippen molar-refractivity contribution in [3.05, 3.63) is 108 Å². The van der Waals surface area contributed by atoms with Gasteiger partial charge in [0.15, 0.2) is 0 Å². The molecule has 0 heterocycles. The van der Waals surface area contributed by atoms with Gasteiger partial charge in [0.25, 0.3) is 0 Å². The summed E-state index contributed by atoms with van der Waals surface area (Å²) in [6.45, 7) is 4.83. The maximum atomic E-state index is 6.63. The number of benzene rings is 3. The molecule has 1 aliphatic rings. The Balaban J connectivity index is 1.46. The topological polar surface area (TPSA) is 27.7 Å². The van der Waals surface area contributed by atoms with Crippen molar-refractivity contribution in [2.45, 2.75) is 71.1 Å². The Bertz CT molecular complexity index is 944. The van der Waals surface area contributed by atoms with E-state index in [9.17, 15) is 0 Å². The highest BCUT2D eigenvalue weighted by Gasteiger charge is 2.39. The van der Waals surface area contributed by atoms with Gasteiger partial charge in [0.1, 0.15) is 0 Å². The highest BCUT2D eigenvalue weighted by Crippen LogP contribution is 2.37. The molecular formula is C32H40O3. The summed E-state index contributed by atoms with van der Waals surface area (Å²) < 4.78 is 19.5. The molecule has 3 heteroatoms. The summed E-state index contributed by atoms with van der Waals surface area (Å²) in [6, 6.07) is 31.4. The van der Waals surface area contributed by atoms with Crippen LogP contribution in [0.4, 0.5) is 0 Å². The van der Waals surface area contributed by atoms with Crippen LogP contribution in [0.25, 0.3) is 0 Å². The van der Waals surface area contributed by atoms with Crippen LogP contribution in [-0.4, -0.2) is 18.8 Å². The smallest absolute Gasteiger partial charge is 0.0891 e. The van der Waals surface area contributed by atoms with Crippen LogP contribution in [0.5, 0.6) is 0 Å². The second kappa shape index (κ2) is 14.2. The Morgan fingerprint density at radius 1 is 0.657 bits per heavy atom. The average Bonchev–Trinajstić information content (AvgIpc) is 2.92. The van der Waals surface area contributed by atoms with Gasteiger partial charge in [-0.3, -0.25) is 0 Å². The fourth-order valence-electron chi connectivity index (χ4n) is 5.17. The SMILES string of the molecule is CCCCC1CC(COCc2ccccc2)C(OCc2ccccc2)C(OCc2ccccc2)C1. The lowest BCUT2D eigenvalue weighted by Gasteiger charge is -2.41. The summed E-state index contributed by atoms with van der Waals surface area (Å²) in [5, 5.41) is 0. The van der Waals surface area contributed by atoms with Crippen LogP contribution < -0.4 is 0 Å². The van der Waals surface area contributed by atoms with Gasteiger partial charge in [-0.15, -0.1) is 0 Å². The third kappa shape index (κ3) is 8.31. The maximum Gasteiger partial charge on any atom is 0.0891 e. The van der Waals surface area contributed by atoms with Crippen molar-refractivity contribution < 1.29 is 14.2 Å². The lowest BCUT2D eigenvalue weighted by molar-refractivity contribution is -0.151. The first-order valence-electron chi connectivity index (χ1n) is 13.2. The molecule has 1 saturated carbocycles. The molecule has 0 N–H and O–H groups in total. The summed E-state index contributed by atoms with van der Waals surface area (Å²) in [5.74, 6) is 0.969. The normalized spacial score (nSPS) is 22.2. The molecule has 1 aliphatic carbocycles. The minimum Gasteiger partial charge on any atom is -0.376 e. The molecule has 0 aromatic heterocycles. The second-order valence-corrected chi connectivity index (χ2v) is 9.84. The van der Waals surface area contributed by atoms with Gasteiger partial charge in [0.05, 0.1) is 38.6 Å². The van der Waals surface area contributed by atoms with Crippen molar-refractivity contribution in [2.24, 2.45) is 11.8 Å². The molecule has 0 bridgehead atoms.